The molecule has 1 saturated heterocycles. The maximum atomic E-state index is 13.1. The van der Waals surface area contributed by atoms with Gasteiger partial charge >= 0.3 is 0 Å². The molecule has 0 aliphatic carbocycles. The third kappa shape index (κ3) is 6.27. The lowest BCUT2D eigenvalue weighted by Gasteiger charge is -2.35. The van der Waals surface area contributed by atoms with Crippen LogP contribution in [0, 0.1) is 0 Å². The van der Waals surface area contributed by atoms with E-state index in [1.165, 1.54) is 49.9 Å². The first-order valence-corrected chi connectivity index (χ1v) is 13.1. The molecule has 0 radical (unpaired) electrons. The number of unbranched alkanes of at least 4 members (excludes halogenated alkanes) is 5. The maximum Gasteiger partial charge on any atom is 0.243 e. The largest absolute Gasteiger partial charge is 0.314 e. The second-order valence-corrected chi connectivity index (χ2v) is 11.2. The third-order valence-electron chi connectivity index (χ3n) is 5.05. The zero-order chi connectivity index (χ0) is 19.9. The Labute approximate surface area is 164 Å². The average Bonchev–Trinajstić information content (AvgIpc) is 2.64. The highest BCUT2D eigenvalue weighted by atomic mass is 32.2. The molecule has 0 spiro atoms. The lowest BCUT2D eigenvalue weighted by molar-refractivity contribution is 0.250. The number of rotatable bonds is 10. The van der Waals surface area contributed by atoms with Gasteiger partial charge in [0.05, 0.1) is 9.79 Å². The molecule has 154 valence electrons. The summed E-state index contributed by atoms with van der Waals surface area (Å²) in [6, 6.07) is 5.48. The van der Waals surface area contributed by atoms with Crippen LogP contribution < -0.4 is 5.32 Å². The monoisotopic (exact) mass is 416 g/mol. The number of sulfone groups is 1. The number of hydrogen-bond acceptors (Lipinski definition) is 5. The molecule has 0 saturated carbocycles. The fraction of sp³-hybridized carbons (Fsp3) is 0.684. The van der Waals surface area contributed by atoms with Gasteiger partial charge in [0, 0.05) is 31.9 Å². The number of sulfonamides is 1. The van der Waals surface area contributed by atoms with Gasteiger partial charge < -0.3 is 5.32 Å². The Hall–Kier alpha value is -0.960. The van der Waals surface area contributed by atoms with Crippen molar-refractivity contribution in [1.29, 1.82) is 0 Å². The summed E-state index contributed by atoms with van der Waals surface area (Å²) < 4.78 is 50.9. The lowest BCUT2D eigenvalue weighted by atomic mass is 10.0. The number of hydrogen-bond donors (Lipinski definition) is 1. The Balaban J connectivity index is 2.05. The van der Waals surface area contributed by atoms with Crippen molar-refractivity contribution < 1.29 is 16.8 Å². The van der Waals surface area contributed by atoms with Gasteiger partial charge in [0.25, 0.3) is 0 Å². The summed E-state index contributed by atoms with van der Waals surface area (Å²) in [6.45, 7) is 3.93. The minimum absolute atomic E-state index is 0.0514. The van der Waals surface area contributed by atoms with Crippen molar-refractivity contribution in [3.8, 4) is 0 Å². The normalized spacial score (nSPS) is 19.3. The SMILES string of the molecule is CCCCCCCCC1CNCCN1S(=O)(=O)c1ccc(S(C)(=O)=O)cc1. The van der Waals surface area contributed by atoms with E-state index in [0.717, 1.165) is 25.5 Å². The van der Waals surface area contributed by atoms with E-state index in [9.17, 15) is 16.8 Å². The maximum absolute atomic E-state index is 13.1. The van der Waals surface area contributed by atoms with Crippen molar-refractivity contribution >= 4 is 19.9 Å². The van der Waals surface area contributed by atoms with Crippen LogP contribution in [0.4, 0.5) is 0 Å². The summed E-state index contributed by atoms with van der Waals surface area (Å²) in [5.41, 5.74) is 0. The van der Waals surface area contributed by atoms with Crippen LogP contribution in [0.15, 0.2) is 34.1 Å². The first kappa shape index (κ1) is 22.3. The molecule has 6 nitrogen and oxygen atoms in total. The molecule has 0 aromatic heterocycles. The highest BCUT2D eigenvalue weighted by Gasteiger charge is 2.33. The topological polar surface area (TPSA) is 83.6 Å². The van der Waals surface area contributed by atoms with Crippen molar-refractivity contribution in [3.63, 3.8) is 0 Å². The number of nitrogens with zero attached hydrogens (tertiary/aromatic N) is 1. The van der Waals surface area contributed by atoms with E-state index in [-0.39, 0.29) is 15.8 Å². The summed E-state index contributed by atoms with van der Waals surface area (Å²) >= 11 is 0. The van der Waals surface area contributed by atoms with Crippen LogP contribution in [0.5, 0.6) is 0 Å². The Kier molecular flexibility index (Phi) is 8.27. The molecule has 0 amide bonds. The summed E-state index contributed by atoms with van der Waals surface area (Å²) in [4.78, 5) is 0.287. The van der Waals surface area contributed by atoms with E-state index in [0.29, 0.717) is 19.6 Å². The Morgan fingerprint density at radius 2 is 1.56 bits per heavy atom. The Morgan fingerprint density at radius 1 is 0.963 bits per heavy atom. The van der Waals surface area contributed by atoms with Gasteiger partial charge in [-0.1, -0.05) is 45.4 Å². The predicted octanol–water partition coefficient (Wildman–Crippen LogP) is 2.80. The minimum Gasteiger partial charge on any atom is -0.314 e. The molecular formula is C19H32N2O4S2. The molecule has 0 bridgehead atoms. The van der Waals surface area contributed by atoms with Gasteiger partial charge in [-0.2, -0.15) is 4.31 Å². The summed E-state index contributed by atoms with van der Waals surface area (Å²) in [5.74, 6) is 0. The van der Waals surface area contributed by atoms with E-state index in [1.54, 1.807) is 4.31 Å². The first-order chi connectivity index (χ1) is 12.8. The number of piperazine rings is 1. The minimum atomic E-state index is -3.63. The summed E-state index contributed by atoms with van der Waals surface area (Å²) in [6.07, 6.45) is 9.04. The molecule has 2 rings (SSSR count). The smallest absolute Gasteiger partial charge is 0.243 e. The van der Waals surface area contributed by atoms with Gasteiger partial charge in [-0.05, 0) is 30.7 Å². The van der Waals surface area contributed by atoms with Crippen LogP contribution in [0.1, 0.15) is 51.9 Å². The van der Waals surface area contributed by atoms with Crippen molar-refractivity contribution in [2.24, 2.45) is 0 Å². The van der Waals surface area contributed by atoms with Gasteiger partial charge in [-0.15, -0.1) is 0 Å². The van der Waals surface area contributed by atoms with Crippen molar-refractivity contribution in [2.45, 2.75) is 67.7 Å². The van der Waals surface area contributed by atoms with Crippen LogP contribution in [0.3, 0.4) is 0 Å². The third-order valence-corrected chi connectivity index (χ3v) is 8.14. The Bertz CT molecular complexity index is 790. The van der Waals surface area contributed by atoms with Crippen LogP contribution in [-0.2, 0) is 19.9 Å². The fourth-order valence-corrected chi connectivity index (χ4v) is 5.74. The number of nitrogens with one attached hydrogen (secondary N) is 1. The predicted molar refractivity (Wildman–Crippen MR) is 108 cm³/mol. The fourth-order valence-electron chi connectivity index (χ4n) is 3.46. The van der Waals surface area contributed by atoms with E-state index in [1.807, 2.05) is 0 Å². The van der Waals surface area contributed by atoms with Crippen molar-refractivity contribution in [2.75, 3.05) is 25.9 Å². The summed E-state index contributed by atoms with van der Waals surface area (Å²) in [5, 5.41) is 3.29. The molecule has 1 aliphatic heterocycles. The van der Waals surface area contributed by atoms with E-state index >= 15 is 0 Å². The van der Waals surface area contributed by atoms with Crippen LogP contribution in [0.25, 0.3) is 0 Å². The zero-order valence-electron chi connectivity index (χ0n) is 16.4. The molecule has 27 heavy (non-hydrogen) atoms. The average molecular weight is 417 g/mol. The quantitative estimate of drug-likeness (QED) is 0.593. The molecule has 1 heterocycles. The lowest BCUT2D eigenvalue weighted by Crippen LogP contribution is -2.53. The second kappa shape index (κ2) is 10.0. The van der Waals surface area contributed by atoms with Crippen LogP contribution >= 0.6 is 0 Å². The second-order valence-electron chi connectivity index (χ2n) is 7.27. The molecule has 1 N–H and O–H groups in total. The zero-order valence-corrected chi connectivity index (χ0v) is 18.0. The van der Waals surface area contributed by atoms with E-state index in [4.69, 9.17) is 0 Å². The molecule has 8 heteroatoms. The van der Waals surface area contributed by atoms with Gasteiger partial charge in [0.1, 0.15) is 0 Å². The van der Waals surface area contributed by atoms with Gasteiger partial charge in [0.2, 0.25) is 10.0 Å². The van der Waals surface area contributed by atoms with E-state index in [2.05, 4.69) is 12.2 Å². The number of benzene rings is 1. The highest BCUT2D eigenvalue weighted by molar-refractivity contribution is 7.90. The molecule has 1 aromatic rings. The summed E-state index contributed by atoms with van der Waals surface area (Å²) in [7, 11) is -6.97. The van der Waals surface area contributed by atoms with Gasteiger partial charge in [-0.3, -0.25) is 0 Å². The van der Waals surface area contributed by atoms with Crippen molar-refractivity contribution in [1.82, 2.24) is 9.62 Å². The highest BCUT2D eigenvalue weighted by Crippen LogP contribution is 2.23. The Morgan fingerprint density at radius 3 is 2.19 bits per heavy atom. The molecule has 1 atom stereocenters. The molecule has 1 unspecified atom stereocenters. The molecular weight excluding hydrogens is 384 g/mol. The molecule has 1 aromatic carbocycles. The first-order valence-electron chi connectivity index (χ1n) is 9.79. The molecule has 1 fully saturated rings. The standard InChI is InChI=1S/C19H32N2O4S2/c1-3-4-5-6-7-8-9-17-16-20-14-15-21(17)27(24,25)19-12-10-18(11-13-19)26(2,22)23/h10-13,17,20H,3-9,14-16H2,1-2H3. The van der Waals surface area contributed by atoms with Gasteiger partial charge in [0.15, 0.2) is 9.84 Å². The van der Waals surface area contributed by atoms with Gasteiger partial charge in [-0.25, -0.2) is 16.8 Å². The van der Waals surface area contributed by atoms with Crippen molar-refractivity contribution in [3.05, 3.63) is 24.3 Å². The molecule has 1 aliphatic rings. The van der Waals surface area contributed by atoms with E-state index < -0.39 is 19.9 Å². The van der Waals surface area contributed by atoms with Crippen LogP contribution in [0.2, 0.25) is 0 Å². The van der Waals surface area contributed by atoms with Crippen LogP contribution in [-0.4, -0.2) is 53.1 Å².